The highest BCUT2D eigenvalue weighted by Crippen LogP contribution is 2.14. The molecule has 0 saturated carbocycles. The van der Waals surface area contributed by atoms with Crippen LogP contribution in [0.2, 0.25) is 0 Å². The number of hydrogen-bond acceptors (Lipinski definition) is 5. The van der Waals surface area contributed by atoms with E-state index in [0.29, 0.717) is 11.6 Å². The minimum absolute atomic E-state index is 0.117. The van der Waals surface area contributed by atoms with Crippen LogP contribution in [0.5, 0.6) is 5.75 Å². The number of methoxy groups -OCH3 is 1. The summed E-state index contributed by atoms with van der Waals surface area (Å²) < 4.78 is 29.4. The summed E-state index contributed by atoms with van der Waals surface area (Å²) in [7, 11) is -0.636. The molecule has 0 aliphatic heterocycles. The highest BCUT2D eigenvalue weighted by Gasteiger charge is 2.14. The lowest BCUT2D eigenvalue weighted by Crippen LogP contribution is -2.42. The lowest BCUT2D eigenvalue weighted by Gasteiger charge is -2.11. The van der Waals surface area contributed by atoms with E-state index in [9.17, 15) is 8.42 Å². The van der Waals surface area contributed by atoms with E-state index >= 15 is 0 Å². The minimum atomic E-state index is -3.71. The van der Waals surface area contributed by atoms with E-state index in [1.165, 1.54) is 19.2 Å². The van der Waals surface area contributed by atoms with E-state index in [2.05, 4.69) is 20.2 Å². The van der Waals surface area contributed by atoms with Crippen LogP contribution in [0.25, 0.3) is 0 Å². The van der Waals surface area contributed by atoms with Crippen LogP contribution in [0.4, 0.5) is 0 Å². The van der Waals surface area contributed by atoms with Crippen LogP contribution in [0.1, 0.15) is 5.56 Å². The second kappa shape index (κ2) is 7.01. The van der Waals surface area contributed by atoms with Crippen molar-refractivity contribution in [2.75, 3.05) is 14.2 Å². The molecule has 2 rings (SSSR count). The number of sulfonamides is 1. The van der Waals surface area contributed by atoms with E-state index in [0.717, 1.165) is 5.56 Å². The van der Waals surface area contributed by atoms with Crippen molar-refractivity contribution in [1.82, 2.24) is 15.2 Å². The summed E-state index contributed by atoms with van der Waals surface area (Å²) in [6, 6.07) is 9.50. The van der Waals surface area contributed by atoms with Crippen molar-refractivity contribution in [1.29, 1.82) is 0 Å². The molecule has 0 aliphatic rings. The zero-order chi connectivity index (χ0) is 16.0. The number of aliphatic imine (C=N–C) groups is 1. The van der Waals surface area contributed by atoms with E-state index in [4.69, 9.17) is 4.74 Å². The first-order valence-electron chi connectivity index (χ1n) is 6.36. The molecule has 1 aromatic carbocycles. The number of pyridine rings is 1. The van der Waals surface area contributed by atoms with Gasteiger partial charge in [-0.05, 0) is 36.4 Å². The normalized spacial score (nSPS) is 12.0. The van der Waals surface area contributed by atoms with E-state index in [-0.39, 0.29) is 4.90 Å². The summed E-state index contributed by atoms with van der Waals surface area (Å²) >= 11 is 0. The second-order valence-electron chi connectivity index (χ2n) is 4.21. The summed E-state index contributed by atoms with van der Waals surface area (Å²) in [5.74, 6) is 0.971. The van der Waals surface area contributed by atoms with Crippen LogP contribution in [-0.2, 0) is 10.0 Å². The average Bonchev–Trinajstić information content (AvgIpc) is 2.56. The smallest absolute Gasteiger partial charge is 0.257 e. The number of rotatable bonds is 5. The Hall–Kier alpha value is -2.45. The van der Waals surface area contributed by atoms with Gasteiger partial charge in [-0.3, -0.25) is 15.4 Å². The summed E-state index contributed by atoms with van der Waals surface area (Å²) in [6.07, 6.45) is 3.19. The number of aromatic nitrogens is 1. The fourth-order valence-corrected chi connectivity index (χ4v) is 2.54. The second-order valence-corrected chi connectivity index (χ2v) is 5.90. The van der Waals surface area contributed by atoms with Crippen LogP contribution in [0.15, 0.2) is 58.7 Å². The summed E-state index contributed by atoms with van der Waals surface area (Å²) in [6.45, 7) is 0. The number of amidine groups is 1. The topological polar surface area (TPSA) is 92.7 Å². The third kappa shape index (κ3) is 3.80. The van der Waals surface area contributed by atoms with Crippen molar-refractivity contribution >= 4 is 15.9 Å². The Kier molecular flexibility index (Phi) is 5.08. The van der Waals surface area contributed by atoms with Crippen molar-refractivity contribution in [3.63, 3.8) is 0 Å². The van der Waals surface area contributed by atoms with Gasteiger partial charge in [-0.2, -0.15) is 0 Å². The molecule has 8 heteroatoms. The van der Waals surface area contributed by atoms with Crippen LogP contribution < -0.4 is 15.0 Å². The average molecular weight is 320 g/mol. The van der Waals surface area contributed by atoms with Crippen LogP contribution in [0.3, 0.4) is 0 Å². The lowest BCUT2D eigenvalue weighted by atomic mass is 10.2. The third-order valence-corrected chi connectivity index (χ3v) is 4.11. The molecular weight excluding hydrogens is 304 g/mol. The van der Waals surface area contributed by atoms with Crippen molar-refractivity contribution in [2.45, 2.75) is 4.90 Å². The molecule has 0 saturated heterocycles. The van der Waals surface area contributed by atoms with Crippen molar-refractivity contribution in [3.05, 3.63) is 54.4 Å². The Morgan fingerprint density at radius 1 is 1.14 bits per heavy atom. The molecule has 0 aliphatic carbocycles. The number of nitrogens with one attached hydrogen (secondary N) is 2. The maximum Gasteiger partial charge on any atom is 0.257 e. The fraction of sp³-hybridized carbons (Fsp3) is 0.143. The molecule has 0 bridgehead atoms. The highest BCUT2D eigenvalue weighted by molar-refractivity contribution is 7.89. The fourth-order valence-electron chi connectivity index (χ4n) is 1.70. The molecule has 1 heterocycles. The predicted molar refractivity (Wildman–Crippen MR) is 83.1 cm³/mol. The zero-order valence-corrected chi connectivity index (χ0v) is 13.0. The number of nitrogens with zero attached hydrogens (tertiary/aromatic N) is 2. The number of benzene rings is 1. The van der Waals surface area contributed by atoms with Gasteiger partial charge < -0.3 is 4.74 Å². The maximum atomic E-state index is 12.2. The largest absolute Gasteiger partial charge is 0.497 e. The molecule has 2 aromatic rings. The van der Waals surface area contributed by atoms with Crippen LogP contribution in [-0.4, -0.2) is 33.4 Å². The van der Waals surface area contributed by atoms with Gasteiger partial charge in [0.05, 0.1) is 12.0 Å². The Labute approximate surface area is 129 Å². The maximum absolute atomic E-state index is 12.2. The summed E-state index contributed by atoms with van der Waals surface area (Å²) in [5.41, 5.74) is 3.32. The van der Waals surface area contributed by atoms with Crippen molar-refractivity contribution in [3.8, 4) is 5.75 Å². The van der Waals surface area contributed by atoms with Crippen molar-refractivity contribution < 1.29 is 13.2 Å². The molecule has 0 fully saturated rings. The quantitative estimate of drug-likeness (QED) is 0.486. The standard InChI is InChI=1S/C14H16N4O3S/c1-15-14(11-7-9-16-10-8-11)17-18-22(19,20)13-5-3-12(21-2)4-6-13/h3-10,18H,1-2H3,(H,15,17). The summed E-state index contributed by atoms with van der Waals surface area (Å²) in [4.78, 5) is 10.3. The van der Waals surface area contributed by atoms with Gasteiger partial charge >= 0.3 is 0 Å². The molecule has 22 heavy (non-hydrogen) atoms. The van der Waals surface area contributed by atoms with E-state index < -0.39 is 10.0 Å². The molecule has 116 valence electrons. The first-order chi connectivity index (χ1) is 10.6. The van der Waals surface area contributed by atoms with Gasteiger partial charge in [0.1, 0.15) is 11.6 Å². The van der Waals surface area contributed by atoms with E-state index in [1.807, 2.05) is 0 Å². The van der Waals surface area contributed by atoms with E-state index in [1.54, 1.807) is 43.7 Å². The predicted octanol–water partition coefficient (Wildman–Crippen LogP) is 0.950. The molecule has 2 N–H and O–H groups in total. The number of hydrazine groups is 1. The third-order valence-electron chi connectivity index (χ3n) is 2.85. The number of hydrogen-bond donors (Lipinski definition) is 2. The number of ether oxygens (including phenoxy) is 1. The minimum Gasteiger partial charge on any atom is -0.497 e. The van der Waals surface area contributed by atoms with Gasteiger partial charge in [-0.1, -0.05) is 0 Å². The SMILES string of the molecule is CN=C(NNS(=O)(=O)c1ccc(OC)cc1)c1ccncc1. The zero-order valence-electron chi connectivity index (χ0n) is 12.1. The molecule has 0 atom stereocenters. The first kappa shape index (κ1) is 15.9. The van der Waals surface area contributed by atoms with Gasteiger partial charge in [0, 0.05) is 25.0 Å². The Morgan fingerprint density at radius 3 is 2.32 bits per heavy atom. The molecular formula is C14H16N4O3S. The first-order valence-corrected chi connectivity index (χ1v) is 7.84. The molecule has 0 amide bonds. The van der Waals surface area contributed by atoms with Gasteiger partial charge in [0.25, 0.3) is 10.0 Å². The lowest BCUT2D eigenvalue weighted by molar-refractivity contribution is 0.414. The summed E-state index contributed by atoms with van der Waals surface area (Å²) in [5, 5.41) is 0. The molecule has 0 unspecified atom stereocenters. The van der Waals surface area contributed by atoms with Gasteiger partial charge in [-0.25, -0.2) is 8.42 Å². The Morgan fingerprint density at radius 2 is 1.77 bits per heavy atom. The molecule has 0 radical (unpaired) electrons. The van der Waals surface area contributed by atoms with Gasteiger partial charge in [0.2, 0.25) is 0 Å². The van der Waals surface area contributed by atoms with Gasteiger partial charge in [0.15, 0.2) is 0 Å². The highest BCUT2D eigenvalue weighted by atomic mass is 32.2. The molecule has 7 nitrogen and oxygen atoms in total. The van der Waals surface area contributed by atoms with Gasteiger partial charge in [-0.15, -0.1) is 4.83 Å². The van der Waals surface area contributed by atoms with Crippen LogP contribution >= 0.6 is 0 Å². The van der Waals surface area contributed by atoms with Crippen LogP contribution in [0, 0.1) is 0 Å². The van der Waals surface area contributed by atoms with Crippen molar-refractivity contribution in [2.24, 2.45) is 4.99 Å². The monoisotopic (exact) mass is 320 g/mol. The Bertz CT molecular complexity index is 743. The Balaban J connectivity index is 2.11. The molecule has 0 spiro atoms. The molecule has 1 aromatic heterocycles.